The number of esters is 1. The second-order valence-electron chi connectivity index (χ2n) is 15.1. The highest BCUT2D eigenvalue weighted by atomic mass is 16.6. The number of carbonyl (C=O) groups excluding carboxylic acids is 1. The molecule has 5 nitrogen and oxygen atoms in total. The van der Waals surface area contributed by atoms with Crippen molar-refractivity contribution >= 4 is 5.97 Å². The zero-order valence-corrected chi connectivity index (χ0v) is 22.8. The van der Waals surface area contributed by atoms with E-state index in [1.807, 2.05) is 13.8 Å². The van der Waals surface area contributed by atoms with E-state index in [4.69, 9.17) is 9.47 Å². The number of hydrogen-bond acceptors (Lipinski definition) is 5. The van der Waals surface area contributed by atoms with Crippen LogP contribution in [-0.2, 0) is 14.3 Å². The molecule has 1 spiro atoms. The highest BCUT2D eigenvalue weighted by molar-refractivity contribution is 5.83. The summed E-state index contributed by atoms with van der Waals surface area (Å²) in [6.45, 7) is 15.1. The zero-order valence-electron chi connectivity index (χ0n) is 22.8. The van der Waals surface area contributed by atoms with Crippen molar-refractivity contribution in [3.63, 3.8) is 0 Å². The number of aliphatic hydroxyl groups is 2. The zero-order chi connectivity index (χ0) is 25.4. The van der Waals surface area contributed by atoms with Crippen LogP contribution in [0.15, 0.2) is 11.6 Å². The van der Waals surface area contributed by atoms with E-state index in [1.54, 1.807) is 5.57 Å². The van der Waals surface area contributed by atoms with Gasteiger partial charge in [0.2, 0.25) is 0 Å². The van der Waals surface area contributed by atoms with E-state index in [0.29, 0.717) is 24.7 Å². The van der Waals surface area contributed by atoms with E-state index in [0.717, 1.165) is 38.5 Å². The van der Waals surface area contributed by atoms with Gasteiger partial charge in [-0.15, -0.1) is 0 Å². The van der Waals surface area contributed by atoms with E-state index < -0.39 is 16.6 Å². The predicted octanol–water partition coefficient (Wildman–Crippen LogP) is 5.18. The van der Waals surface area contributed by atoms with Crippen molar-refractivity contribution in [2.45, 2.75) is 129 Å². The second-order valence-corrected chi connectivity index (χ2v) is 15.1. The average Bonchev–Trinajstić information content (AvgIpc) is 3.12. The molecule has 6 rings (SSSR count). The highest BCUT2D eigenvalue weighted by Gasteiger charge is 2.80. The third-order valence-corrected chi connectivity index (χ3v) is 12.3. The Morgan fingerprint density at radius 1 is 1.09 bits per heavy atom. The molecule has 0 aromatic carbocycles. The van der Waals surface area contributed by atoms with Crippen LogP contribution in [0.2, 0.25) is 0 Å². The number of allylic oxidation sites excluding steroid dienone is 2. The topological polar surface area (TPSA) is 76.0 Å². The van der Waals surface area contributed by atoms with Gasteiger partial charge in [0.25, 0.3) is 0 Å². The van der Waals surface area contributed by atoms with Crippen molar-refractivity contribution in [3.05, 3.63) is 11.6 Å². The van der Waals surface area contributed by atoms with Crippen LogP contribution in [0, 0.1) is 39.4 Å². The van der Waals surface area contributed by atoms with Gasteiger partial charge in [0.05, 0.1) is 29.3 Å². The third-order valence-electron chi connectivity index (χ3n) is 12.3. The predicted molar refractivity (Wildman–Crippen MR) is 133 cm³/mol. The van der Waals surface area contributed by atoms with Gasteiger partial charge in [-0.2, -0.15) is 0 Å². The first-order valence-electron chi connectivity index (χ1n) is 14.1. The molecule has 0 aromatic rings. The maximum Gasteiger partial charge on any atom is 0.314 e. The molecule has 2 heterocycles. The van der Waals surface area contributed by atoms with Crippen LogP contribution in [0.5, 0.6) is 0 Å². The largest absolute Gasteiger partial charge is 0.458 e. The highest BCUT2D eigenvalue weighted by Crippen LogP contribution is 2.77. The molecule has 10 atom stereocenters. The van der Waals surface area contributed by atoms with E-state index in [9.17, 15) is 15.0 Å². The number of aliphatic hydroxyl groups excluding tert-OH is 1. The minimum absolute atomic E-state index is 0.00974. The Balaban J connectivity index is 1.41. The maximum atomic E-state index is 14.0. The average molecular weight is 487 g/mol. The molecule has 196 valence electrons. The second kappa shape index (κ2) is 6.94. The number of fused-ring (bicyclic) bond motifs is 4. The smallest absolute Gasteiger partial charge is 0.314 e. The fourth-order valence-electron chi connectivity index (χ4n) is 10.9. The minimum Gasteiger partial charge on any atom is -0.458 e. The summed E-state index contributed by atoms with van der Waals surface area (Å²) in [5.74, 6) is 0.860. The molecule has 5 fully saturated rings. The Morgan fingerprint density at radius 3 is 2.49 bits per heavy atom. The fourth-order valence-corrected chi connectivity index (χ4v) is 10.9. The molecule has 2 saturated heterocycles. The van der Waals surface area contributed by atoms with Gasteiger partial charge >= 0.3 is 5.97 Å². The van der Waals surface area contributed by atoms with Crippen LogP contribution in [0.3, 0.4) is 0 Å². The van der Waals surface area contributed by atoms with Gasteiger partial charge < -0.3 is 19.7 Å². The number of hydrogen-bond donors (Lipinski definition) is 2. The van der Waals surface area contributed by atoms with E-state index in [-0.39, 0.29) is 46.4 Å². The molecule has 0 amide bonds. The summed E-state index contributed by atoms with van der Waals surface area (Å²) in [7, 11) is 0. The monoisotopic (exact) mass is 486 g/mol. The molecule has 0 aromatic heterocycles. The van der Waals surface area contributed by atoms with E-state index in [1.165, 1.54) is 0 Å². The molecule has 0 radical (unpaired) electrons. The molecule has 4 aliphatic carbocycles. The van der Waals surface area contributed by atoms with Crippen LogP contribution in [0.4, 0.5) is 0 Å². The quantitative estimate of drug-likeness (QED) is 0.416. The third kappa shape index (κ3) is 2.90. The van der Waals surface area contributed by atoms with E-state index in [2.05, 4.69) is 40.7 Å². The van der Waals surface area contributed by atoms with Crippen LogP contribution >= 0.6 is 0 Å². The number of rotatable bonds is 2. The van der Waals surface area contributed by atoms with Gasteiger partial charge in [-0.05, 0) is 87.4 Å². The summed E-state index contributed by atoms with van der Waals surface area (Å²) in [6, 6.07) is 0. The molecule has 2 N–H and O–H groups in total. The molecule has 6 aliphatic rings. The normalized spacial score (nSPS) is 54.2. The molecular formula is C30H46O5. The summed E-state index contributed by atoms with van der Waals surface area (Å²) >= 11 is 0. The fraction of sp³-hybridized carbons (Fsp3) is 0.900. The van der Waals surface area contributed by atoms with Crippen LogP contribution in [0.25, 0.3) is 0 Å². The van der Waals surface area contributed by atoms with Gasteiger partial charge in [-0.1, -0.05) is 39.3 Å². The van der Waals surface area contributed by atoms with Crippen LogP contribution < -0.4 is 0 Å². The Labute approximate surface area is 211 Å². The SMILES string of the molecule is CC(C)(O)CC1C[C@]2(C)OC(=O)[C@]34CC=C5[C@@H](CC[C@H]6C(C)(C)[C@@H](O)CC[C@]56C)[C@]3(C)C[C@H](O1)[C@@H]42. The molecular weight excluding hydrogens is 440 g/mol. The molecule has 5 heteroatoms. The van der Waals surface area contributed by atoms with Crippen molar-refractivity contribution < 1.29 is 24.5 Å². The Kier molecular flexibility index (Phi) is 4.84. The minimum atomic E-state index is -0.816. The van der Waals surface area contributed by atoms with Crippen molar-refractivity contribution in [1.29, 1.82) is 0 Å². The molecule has 3 saturated carbocycles. The first-order chi connectivity index (χ1) is 16.1. The summed E-state index contributed by atoms with van der Waals surface area (Å²) in [5.41, 5.74) is -0.543. The molecule has 1 unspecified atom stereocenters. The van der Waals surface area contributed by atoms with E-state index >= 15 is 0 Å². The van der Waals surface area contributed by atoms with Gasteiger partial charge in [0.15, 0.2) is 0 Å². The van der Waals surface area contributed by atoms with Crippen LogP contribution in [-0.4, -0.2) is 45.7 Å². The standard InChI is InChI=1S/C30H46O5/c1-25(2,33)14-17-15-29(7)23-20(34-17)16-28(6)19-8-9-21-26(3,4)22(31)11-12-27(21,5)18(19)10-13-30(23,28)24(32)35-29/h10,17,19-23,31,33H,8-9,11-16H2,1-7H3/t17?,19-,20+,21+,22+,23-,27-,28+,29+,30-/m1/s1. The summed E-state index contributed by atoms with van der Waals surface area (Å²) in [4.78, 5) is 14.0. The lowest BCUT2D eigenvalue weighted by atomic mass is 9.41. The Morgan fingerprint density at radius 2 is 1.80 bits per heavy atom. The number of ether oxygens (including phenoxy) is 2. The lowest BCUT2D eigenvalue weighted by Crippen LogP contribution is -2.59. The first-order valence-corrected chi connectivity index (χ1v) is 14.1. The number of carbonyl (C=O) groups is 1. The van der Waals surface area contributed by atoms with Crippen molar-refractivity contribution in [2.75, 3.05) is 0 Å². The van der Waals surface area contributed by atoms with Gasteiger partial charge in [0.1, 0.15) is 5.60 Å². The van der Waals surface area contributed by atoms with Crippen LogP contribution in [0.1, 0.15) is 99.8 Å². The Bertz CT molecular complexity index is 978. The molecule has 35 heavy (non-hydrogen) atoms. The van der Waals surface area contributed by atoms with Gasteiger partial charge in [0, 0.05) is 18.8 Å². The van der Waals surface area contributed by atoms with Crippen molar-refractivity contribution in [1.82, 2.24) is 0 Å². The molecule has 2 aliphatic heterocycles. The summed E-state index contributed by atoms with van der Waals surface area (Å²) in [6.07, 6.45) is 8.96. The summed E-state index contributed by atoms with van der Waals surface area (Å²) < 4.78 is 13.1. The van der Waals surface area contributed by atoms with Gasteiger partial charge in [-0.3, -0.25) is 4.79 Å². The first kappa shape index (κ1) is 24.4. The van der Waals surface area contributed by atoms with Crippen molar-refractivity contribution in [3.8, 4) is 0 Å². The van der Waals surface area contributed by atoms with Crippen molar-refractivity contribution in [2.24, 2.45) is 39.4 Å². The molecule has 0 bridgehead atoms. The summed E-state index contributed by atoms with van der Waals surface area (Å²) in [5, 5.41) is 21.4. The maximum absolute atomic E-state index is 14.0. The van der Waals surface area contributed by atoms with Gasteiger partial charge in [-0.25, -0.2) is 0 Å². The lowest BCUT2D eigenvalue weighted by Gasteiger charge is -2.63. The lowest BCUT2D eigenvalue weighted by molar-refractivity contribution is -0.182. The Hall–Kier alpha value is -0.910.